The molecule has 0 atom stereocenters. The van der Waals surface area contributed by atoms with E-state index in [9.17, 15) is 12.3 Å². The highest BCUT2D eigenvalue weighted by molar-refractivity contribution is 6.28. The van der Waals surface area contributed by atoms with Crippen LogP contribution in [0.4, 0.5) is 0 Å². The molecule has 0 saturated carbocycles. The van der Waals surface area contributed by atoms with E-state index in [0.717, 1.165) is 43.8 Å². The summed E-state index contributed by atoms with van der Waals surface area (Å²) in [5, 5.41) is 8.97. The molecule has 0 aromatic heterocycles. The second-order valence-electron chi connectivity index (χ2n) is 20.2. The predicted molar refractivity (Wildman–Crippen MR) is 363 cm³/mol. The first-order valence-electron chi connectivity index (χ1n) is 42.2. The van der Waals surface area contributed by atoms with Crippen LogP contribution in [-0.2, 0) is 0 Å². The Labute approximate surface area is 530 Å². The highest BCUT2D eigenvalue weighted by atomic mass is 14.2. The molecule has 0 nitrogen and oxygen atoms in total. The molecule has 0 fully saturated rings. The molecule has 0 radical (unpaired) electrons. The van der Waals surface area contributed by atoms with Crippen molar-refractivity contribution in [2.24, 2.45) is 0 Å². The van der Waals surface area contributed by atoms with Crippen molar-refractivity contribution in [1.29, 1.82) is 0 Å². The van der Waals surface area contributed by atoms with Crippen molar-refractivity contribution in [2.45, 2.75) is 0 Å². The van der Waals surface area contributed by atoms with Gasteiger partial charge in [-0.15, -0.1) is 0 Å². The van der Waals surface area contributed by atoms with Gasteiger partial charge in [0.25, 0.3) is 0 Å². The van der Waals surface area contributed by atoms with Gasteiger partial charge in [-0.05, 0) is 199 Å². The van der Waals surface area contributed by atoms with E-state index in [2.05, 4.69) is 115 Å². The molecule has 0 amide bonds. The molecule has 84 heavy (non-hydrogen) atoms. The van der Waals surface area contributed by atoms with E-state index in [4.69, 9.17) is 30.2 Å². The zero-order valence-corrected chi connectivity index (χ0v) is 43.6. The molecule has 0 aliphatic rings. The first-order chi connectivity index (χ1) is 54.5. The van der Waals surface area contributed by atoms with Gasteiger partial charge in [0.15, 0.2) is 0 Å². The van der Waals surface area contributed by atoms with Crippen LogP contribution in [0.25, 0.3) is 174 Å². The van der Waals surface area contributed by atoms with E-state index >= 15 is 0 Å². The third-order valence-electron chi connectivity index (χ3n) is 15.7. The van der Waals surface area contributed by atoms with E-state index < -0.39 is 240 Å². The largest absolute Gasteiger partial charge is 0.0636 e. The maximum atomic E-state index is 9.43. The maximum absolute atomic E-state index is 9.43. The van der Waals surface area contributed by atoms with Crippen molar-refractivity contribution >= 4 is 108 Å². The fourth-order valence-electron chi connectivity index (χ4n) is 12.0. The molecular formula is C84H52. The summed E-state index contributed by atoms with van der Waals surface area (Å²) >= 11 is 0. The molecule has 18 aromatic carbocycles. The van der Waals surface area contributed by atoms with E-state index in [1.54, 1.807) is 0 Å². The van der Waals surface area contributed by atoms with Crippen LogP contribution in [0.3, 0.4) is 0 Å². The van der Waals surface area contributed by atoms with Gasteiger partial charge in [-0.1, -0.05) is 290 Å². The van der Waals surface area contributed by atoms with E-state index in [-0.39, 0.29) is 29.7 Å². The molecule has 0 saturated heterocycles. The fraction of sp³-hybridized carbons (Fsp3) is 0. The van der Waals surface area contributed by atoms with Crippen molar-refractivity contribution < 1.29 is 42.5 Å². The molecule has 0 aliphatic heterocycles. The Morgan fingerprint density at radius 2 is 0.595 bits per heavy atom. The van der Waals surface area contributed by atoms with Gasteiger partial charge < -0.3 is 0 Å². The van der Waals surface area contributed by atoms with Gasteiger partial charge in [-0.25, -0.2) is 0 Å². The van der Waals surface area contributed by atoms with Crippen molar-refractivity contribution in [3.8, 4) is 66.8 Å². The summed E-state index contributed by atoms with van der Waals surface area (Å²) in [4.78, 5) is 0. The molecule has 18 aromatic rings. The molecule has 0 heteroatoms. The zero-order valence-electron chi connectivity index (χ0n) is 74.6. The van der Waals surface area contributed by atoms with Gasteiger partial charge in [0, 0.05) is 0 Å². The van der Waals surface area contributed by atoms with Gasteiger partial charge in [-0.3, -0.25) is 0 Å². The Bertz CT molecular complexity index is 7190. The lowest BCUT2D eigenvalue weighted by Gasteiger charge is -2.19. The Morgan fingerprint density at radius 3 is 1.17 bits per heavy atom. The zero-order chi connectivity index (χ0) is 82.2. The van der Waals surface area contributed by atoms with Crippen LogP contribution in [0.5, 0.6) is 0 Å². The first-order valence-corrected chi connectivity index (χ1v) is 26.7. The van der Waals surface area contributed by atoms with E-state index in [0.29, 0.717) is 5.56 Å². The monoisotopic (exact) mass is 1090 g/mol. The molecule has 388 valence electrons. The second-order valence-corrected chi connectivity index (χ2v) is 20.2. The lowest BCUT2D eigenvalue weighted by molar-refractivity contribution is 1.59. The smallest absolute Gasteiger partial charge is 0.0622 e. The Kier molecular flexibility index (Phi) is 6.08. The highest BCUT2D eigenvalue weighted by Gasteiger charge is 2.20. The van der Waals surface area contributed by atoms with Crippen LogP contribution in [0, 0.1) is 0 Å². The molecule has 0 unspecified atom stereocenters. The Hall–Kier alpha value is -10.9. The summed E-state index contributed by atoms with van der Waals surface area (Å²) in [7, 11) is 0. The van der Waals surface area contributed by atoms with Crippen LogP contribution < -0.4 is 0 Å². The lowest BCUT2D eigenvalue weighted by atomic mass is 9.84. The van der Waals surface area contributed by atoms with Crippen molar-refractivity contribution in [3.05, 3.63) is 315 Å². The average Bonchev–Trinajstić information content (AvgIpc) is 0.682. The quantitative estimate of drug-likeness (QED) is 0.115. The third-order valence-corrected chi connectivity index (χ3v) is 15.7. The molecule has 18 rings (SSSR count). The molecule has 0 aliphatic carbocycles. The Balaban J connectivity index is 0.000000172. The van der Waals surface area contributed by atoms with Crippen LogP contribution >= 0.6 is 0 Å². The minimum Gasteiger partial charge on any atom is -0.0622 e. The van der Waals surface area contributed by atoms with Crippen molar-refractivity contribution in [1.82, 2.24) is 0 Å². The van der Waals surface area contributed by atoms with E-state index in [1.807, 2.05) is 12.1 Å². The van der Waals surface area contributed by atoms with Crippen molar-refractivity contribution in [3.63, 3.8) is 0 Å². The minimum atomic E-state index is -1.07. The summed E-state index contributed by atoms with van der Waals surface area (Å²) in [6.07, 6.45) is 0. The highest BCUT2D eigenvalue weighted by Crippen LogP contribution is 2.47. The van der Waals surface area contributed by atoms with Gasteiger partial charge in [0.05, 0.1) is 42.5 Å². The summed E-state index contributed by atoms with van der Waals surface area (Å²) in [5.41, 5.74) is 0.155. The number of benzene rings is 18. The summed E-state index contributed by atoms with van der Waals surface area (Å²) in [5.74, 6) is 0. The number of hydrogen-bond donors (Lipinski definition) is 0. The normalized spacial score (nSPS) is 17.0. The van der Waals surface area contributed by atoms with E-state index in [1.165, 1.54) is 43.1 Å². The lowest BCUT2D eigenvalue weighted by Crippen LogP contribution is -1.91. The molecular weight excluding hydrogens is 1010 g/mol. The molecule has 0 spiro atoms. The van der Waals surface area contributed by atoms with Crippen molar-refractivity contribution in [2.75, 3.05) is 0 Å². The topological polar surface area (TPSA) is 0 Å². The number of fused-ring (bicyclic) bond motifs is 4. The summed E-state index contributed by atoms with van der Waals surface area (Å²) in [6.45, 7) is 0. The fourth-order valence-corrected chi connectivity index (χ4v) is 12.0. The number of hydrogen-bond acceptors (Lipinski definition) is 0. The second kappa shape index (κ2) is 19.4. The summed E-state index contributed by atoms with van der Waals surface area (Å²) in [6, 6.07) is 19.5. The molecule has 0 N–H and O–H groups in total. The predicted octanol–water partition coefficient (Wildman–Crippen LogP) is 23.8. The third kappa shape index (κ3) is 7.76. The SMILES string of the molecule is [2H]c1c([2H])c(-c2c3c([2H])c([2H])c([2H])c([2H])c3c(-c3c([2H])c([2H])c([2H])c4c([2H])c([2H])c([2H])c([2H])c34)c3c([2H])c([2H])c([2H])c([2H])c23)c([2H])c([2H])c1-c1c([2H])c([2H])c2c([2H])c([2H])c([2H])c([2H])c2c1[2H].[2H]c1c([2H])c([2H])c(-c2cc(-c3ccc4ccc5cccc6ccc3c4c56)cc(-c3ccc4ccc5cccc6ccc3c4c56)c2)c([2H])c1[2H]. The Morgan fingerprint density at radius 1 is 0.190 bits per heavy atom. The minimum absolute atomic E-state index is 0.199. The number of rotatable bonds is 6. The van der Waals surface area contributed by atoms with Gasteiger partial charge >= 0.3 is 0 Å². The van der Waals surface area contributed by atoms with Crippen LogP contribution in [0.15, 0.2) is 315 Å². The standard InChI is InChI=1S/C44H26.C40H26/c1-2-6-27(7-3-1)34-24-35(37-20-16-32-14-12-28-8-4-10-30-18-22-39(37)43(32)41(28)30)26-36(25-34)38-21-17-33-15-13-29-9-5-11-31-19-23-40(38)44(33)42(29)31;1-2-12-31-26-32(25-22-27(31)10-1)28-20-23-30(24-21-28)39-35-15-5-7-17-37(35)40(38-18-8-6-16-36(38)39)34-19-9-13-29-11-3-4-14-33(29)34/h1-26H;1-26H/i1D,2D,3D,6D,7D;1D,2D,3D,4D,5D,6D,7D,8D,9D,10D,11D,12D,13D,14D,15D,16D,17D,18D,19D,20D,21D,22D,23D,24D,25D,26D. The first kappa shape index (κ1) is 26.3. The molecule has 0 heterocycles. The van der Waals surface area contributed by atoms with Gasteiger partial charge in [-0.2, -0.15) is 0 Å². The molecule has 0 bridgehead atoms. The maximum Gasteiger partial charge on any atom is 0.0636 e. The van der Waals surface area contributed by atoms with Crippen LogP contribution in [0.1, 0.15) is 42.5 Å². The average molecular weight is 1090 g/mol. The summed E-state index contributed by atoms with van der Waals surface area (Å²) < 4.78 is 273. The van der Waals surface area contributed by atoms with Gasteiger partial charge in [0.1, 0.15) is 0 Å². The van der Waals surface area contributed by atoms with Gasteiger partial charge in [0.2, 0.25) is 0 Å². The van der Waals surface area contributed by atoms with Crippen LogP contribution in [0.2, 0.25) is 0 Å². The van der Waals surface area contributed by atoms with Crippen LogP contribution in [-0.4, -0.2) is 0 Å².